The molecule has 28 heavy (non-hydrogen) atoms. The number of carbonyl (C=O) groups is 1. The Morgan fingerprint density at radius 3 is 2.71 bits per heavy atom. The largest absolute Gasteiger partial charge is 0.387 e. The molecule has 1 heterocycles. The van der Waals surface area contributed by atoms with Crippen LogP contribution in [0.4, 0.5) is 10.8 Å². The highest BCUT2D eigenvalue weighted by atomic mass is 32.1. The number of benzene rings is 2. The number of nitrogens with one attached hydrogen (secondary N) is 2. The number of rotatable bonds is 9. The van der Waals surface area contributed by atoms with Gasteiger partial charge in [0.25, 0.3) is 0 Å². The quantitative estimate of drug-likeness (QED) is 0.439. The summed E-state index contributed by atoms with van der Waals surface area (Å²) in [5.41, 5.74) is 4.32. The molecule has 0 aliphatic rings. The predicted octanol–water partition coefficient (Wildman–Crippen LogP) is 2.77. The molecule has 2 aromatic carbocycles. The third-order valence-corrected chi connectivity index (χ3v) is 4.08. The van der Waals surface area contributed by atoms with Crippen LogP contribution < -0.4 is 16.4 Å². The van der Waals surface area contributed by atoms with Gasteiger partial charge in [-0.15, -0.1) is 11.3 Å². The fraction of sp³-hybridized carbons (Fsp3) is 0.238. The summed E-state index contributed by atoms with van der Waals surface area (Å²) in [5, 5.41) is 14.5. The highest BCUT2D eigenvalue weighted by Gasteiger charge is 2.08. The summed E-state index contributed by atoms with van der Waals surface area (Å²) >= 11 is 0.658. The first-order valence-electron chi connectivity index (χ1n) is 12.8. The van der Waals surface area contributed by atoms with Gasteiger partial charge in [0.1, 0.15) is 0 Å². The summed E-state index contributed by atoms with van der Waals surface area (Å²) in [6.45, 7) is -0.479. The molecular weight excluding hydrogens is 372 g/mol. The molecule has 0 aliphatic carbocycles. The number of aromatic nitrogens is 1. The highest BCUT2D eigenvalue weighted by Crippen LogP contribution is 2.14. The molecule has 0 spiro atoms. The van der Waals surface area contributed by atoms with Gasteiger partial charge in [0.05, 0.1) is 25.0 Å². The van der Waals surface area contributed by atoms with Crippen LogP contribution in [0.2, 0.25) is 0 Å². The van der Waals surface area contributed by atoms with Gasteiger partial charge in [0.2, 0.25) is 5.91 Å². The first kappa shape index (κ1) is 11.3. The maximum absolute atomic E-state index is 12.7. The molecule has 3 aromatic rings. The fourth-order valence-electron chi connectivity index (χ4n) is 2.18. The van der Waals surface area contributed by atoms with Gasteiger partial charge < -0.3 is 21.5 Å². The average molecular weight is 406 g/mol. The van der Waals surface area contributed by atoms with Crippen LogP contribution in [0, 0.1) is 0 Å². The fourth-order valence-corrected chi connectivity index (χ4v) is 2.61. The minimum absolute atomic E-state index is 0.0337. The van der Waals surface area contributed by atoms with E-state index in [0.717, 1.165) is 0 Å². The lowest BCUT2D eigenvalue weighted by Gasteiger charge is -2.12. The third-order valence-electron chi connectivity index (χ3n) is 3.48. The van der Waals surface area contributed by atoms with E-state index in [1.165, 1.54) is 0 Å². The van der Waals surface area contributed by atoms with E-state index in [2.05, 4.69) is 10.3 Å². The lowest BCUT2D eigenvalue weighted by Crippen LogP contribution is -2.23. The third kappa shape index (κ3) is 6.16. The van der Waals surface area contributed by atoms with Crippen molar-refractivity contribution in [2.45, 2.75) is 18.8 Å². The minimum Gasteiger partial charge on any atom is -0.387 e. The monoisotopic (exact) mass is 405 g/mol. The predicted molar refractivity (Wildman–Crippen MR) is 113 cm³/mol. The zero-order valence-corrected chi connectivity index (χ0v) is 15.5. The second-order valence-corrected chi connectivity index (χ2v) is 6.39. The molecule has 0 bridgehead atoms. The van der Waals surface area contributed by atoms with E-state index >= 15 is 0 Å². The maximum Gasteiger partial charge on any atom is 0.230 e. The highest BCUT2D eigenvalue weighted by molar-refractivity contribution is 7.13. The summed E-state index contributed by atoms with van der Waals surface area (Å²) in [6.07, 6.45) is -6.21. The molecule has 3 rings (SSSR count). The summed E-state index contributed by atoms with van der Waals surface area (Å²) < 4.78 is 73.6. The van der Waals surface area contributed by atoms with Crippen molar-refractivity contribution >= 4 is 28.1 Å². The number of hydrogen-bond donors (Lipinski definition) is 4. The van der Waals surface area contributed by atoms with Gasteiger partial charge in [0, 0.05) is 23.1 Å². The van der Waals surface area contributed by atoms with E-state index in [1.54, 1.807) is 30.3 Å². The molecule has 0 aliphatic heterocycles. The van der Waals surface area contributed by atoms with Crippen molar-refractivity contribution in [3.05, 3.63) is 76.7 Å². The van der Waals surface area contributed by atoms with Crippen LogP contribution in [0.3, 0.4) is 0 Å². The molecule has 0 saturated carbocycles. The number of anilines is 2. The Morgan fingerprint density at radius 1 is 1.29 bits per heavy atom. The van der Waals surface area contributed by atoms with Crippen LogP contribution in [-0.4, -0.2) is 29.1 Å². The van der Waals surface area contributed by atoms with E-state index < -0.39 is 72.4 Å². The number of nitrogens with zero attached hydrogens (tertiary/aromatic N) is 1. The lowest BCUT2D eigenvalue weighted by atomic mass is 10.1. The normalized spacial score (nSPS) is 17.5. The van der Waals surface area contributed by atoms with Gasteiger partial charge in [-0.2, -0.15) is 0 Å². The molecule has 0 radical (unpaired) electrons. The van der Waals surface area contributed by atoms with Crippen molar-refractivity contribution < 1.29 is 22.2 Å². The van der Waals surface area contributed by atoms with Gasteiger partial charge in [-0.1, -0.05) is 42.4 Å². The van der Waals surface area contributed by atoms with E-state index in [0.29, 0.717) is 16.9 Å². The van der Waals surface area contributed by atoms with Crippen LogP contribution in [-0.2, 0) is 17.5 Å². The molecule has 0 unspecified atom stereocenters. The van der Waals surface area contributed by atoms with Crippen LogP contribution in [0.25, 0.3) is 0 Å². The van der Waals surface area contributed by atoms with E-state index in [-0.39, 0.29) is 17.0 Å². The van der Waals surface area contributed by atoms with Crippen molar-refractivity contribution in [3.63, 3.8) is 0 Å². The molecule has 1 atom stereocenters. The minimum atomic E-state index is -2.87. The number of carbonyl (C=O) groups excluding carboxylic acids is 1. The second-order valence-electron chi connectivity index (χ2n) is 5.57. The van der Waals surface area contributed by atoms with Gasteiger partial charge in [-0.3, -0.25) is 4.79 Å². The van der Waals surface area contributed by atoms with Crippen molar-refractivity contribution in [1.29, 1.82) is 0 Å². The standard InChI is InChI=1S/C21H24N4O2S/c22-21-25-18(14-28-21)12-20(27)24-17-8-6-15(7-9-17)10-11-23-13-19(26)16-4-2-1-3-5-16/h1-9,14,19,23,26H,10-13H2,(H2,22,25)(H,24,27)/t19-/m1/s1/i6D,7D,8D,9D,10D2,12D2,14D. The number of nitrogens with two attached hydrogens (primary N) is 1. The van der Waals surface area contributed by atoms with Gasteiger partial charge in [-0.05, 0) is 36.1 Å². The molecule has 0 saturated heterocycles. The average Bonchev–Trinajstić information content (AvgIpc) is 3.19. The molecule has 1 aromatic heterocycles. The van der Waals surface area contributed by atoms with Crippen molar-refractivity contribution in [2.75, 3.05) is 24.1 Å². The summed E-state index contributed by atoms with van der Waals surface area (Å²) in [4.78, 5) is 16.3. The van der Waals surface area contributed by atoms with E-state index in [4.69, 9.17) is 18.1 Å². The van der Waals surface area contributed by atoms with Crippen molar-refractivity contribution in [2.24, 2.45) is 0 Å². The molecular formula is C21H24N4O2S. The van der Waals surface area contributed by atoms with Gasteiger partial charge >= 0.3 is 0 Å². The van der Waals surface area contributed by atoms with Crippen molar-refractivity contribution in [1.82, 2.24) is 10.3 Å². The Hall–Kier alpha value is -2.74. The lowest BCUT2D eigenvalue weighted by molar-refractivity contribution is -0.115. The van der Waals surface area contributed by atoms with Crippen LogP contribution in [0.5, 0.6) is 0 Å². The maximum atomic E-state index is 12.7. The molecule has 6 nitrogen and oxygen atoms in total. The molecule has 146 valence electrons. The summed E-state index contributed by atoms with van der Waals surface area (Å²) in [6, 6.07) is 5.59. The second kappa shape index (κ2) is 9.98. The number of hydrogen-bond acceptors (Lipinski definition) is 6. The van der Waals surface area contributed by atoms with Crippen molar-refractivity contribution in [3.8, 4) is 0 Å². The van der Waals surface area contributed by atoms with Crippen LogP contribution >= 0.6 is 11.3 Å². The first-order chi connectivity index (χ1) is 17.2. The Balaban J connectivity index is 1.84. The SMILES string of the molecule is [2H]c1sc(N)nc1C([2H])([2H])C(=O)Nc1c([2H])c([2H])c(C([2H])([2H])CNC[C@@H](O)c2ccccc2)c([2H])c1[2H]. The number of aliphatic hydroxyl groups excluding tert-OH is 1. The molecule has 5 N–H and O–H groups in total. The number of thiazole rings is 1. The van der Waals surface area contributed by atoms with Crippen LogP contribution in [0.1, 0.15) is 35.3 Å². The Kier molecular flexibility index (Phi) is 4.03. The zero-order valence-electron chi connectivity index (χ0n) is 23.7. The Bertz CT molecular complexity index is 1280. The van der Waals surface area contributed by atoms with Gasteiger partial charge in [0.15, 0.2) is 5.13 Å². The first-order valence-corrected chi connectivity index (χ1v) is 9.09. The number of aliphatic hydroxyl groups is 1. The smallest absolute Gasteiger partial charge is 0.230 e. The summed E-state index contributed by atoms with van der Waals surface area (Å²) in [7, 11) is 0. The van der Waals surface area contributed by atoms with E-state index in [9.17, 15) is 9.90 Å². The van der Waals surface area contributed by atoms with Gasteiger partial charge in [-0.25, -0.2) is 4.98 Å². The summed E-state index contributed by atoms with van der Waals surface area (Å²) in [5.74, 6) is -1.39. The van der Waals surface area contributed by atoms with E-state index in [1.807, 2.05) is 5.32 Å². The molecule has 1 amide bonds. The molecule has 0 fully saturated rings. The number of amides is 1. The number of nitrogen functional groups attached to an aromatic ring is 1. The zero-order chi connectivity index (χ0) is 27.7. The molecule has 7 heteroatoms. The van der Waals surface area contributed by atoms with Crippen LogP contribution in [0.15, 0.2) is 59.9 Å². The topological polar surface area (TPSA) is 100 Å². The Morgan fingerprint density at radius 2 is 2.04 bits per heavy atom. The Labute approximate surface area is 181 Å².